The number of hydrogen-bond donors (Lipinski definition) is 2. The maximum atomic E-state index is 13.7. The summed E-state index contributed by atoms with van der Waals surface area (Å²) in [7, 11) is 5.02. The molecular formula is C29H29NO5. The molecule has 1 aromatic heterocycles. The van der Waals surface area contributed by atoms with Gasteiger partial charge in [0.15, 0.2) is 16.9 Å². The Labute approximate surface area is 204 Å². The number of carboxylic acids is 1. The van der Waals surface area contributed by atoms with Gasteiger partial charge < -0.3 is 24.3 Å². The summed E-state index contributed by atoms with van der Waals surface area (Å²) in [6.07, 6.45) is 0.231. The minimum Gasteiger partial charge on any atom is -0.493 e. The van der Waals surface area contributed by atoms with Crippen LogP contribution in [0.5, 0.6) is 11.5 Å². The minimum absolute atomic E-state index is 0.0970. The fourth-order valence-corrected chi connectivity index (χ4v) is 6.19. The van der Waals surface area contributed by atoms with Gasteiger partial charge in [0.05, 0.1) is 14.2 Å². The Bertz CT molecular complexity index is 1430. The predicted octanol–water partition coefficient (Wildman–Crippen LogP) is 4.96. The zero-order valence-corrected chi connectivity index (χ0v) is 20.3. The molecule has 0 saturated heterocycles. The Morgan fingerprint density at radius 3 is 2.26 bits per heavy atom. The Morgan fingerprint density at radius 2 is 1.60 bits per heavy atom. The molecule has 5 rings (SSSR count). The Kier molecular flexibility index (Phi) is 5.37. The number of aliphatic carboxylic acids is 1. The monoisotopic (exact) mass is 471 g/mol. The Morgan fingerprint density at radius 1 is 0.943 bits per heavy atom. The van der Waals surface area contributed by atoms with Gasteiger partial charge in [-0.2, -0.15) is 0 Å². The molecule has 35 heavy (non-hydrogen) atoms. The van der Waals surface area contributed by atoms with E-state index in [2.05, 4.69) is 4.57 Å². The first-order valence-corrected chi connectivity index (χ1v) is 11.6. The normalized spacial score (nSPS) is 23.6. The molecule has 1 aliphatic rings. The van der Waals surface area contributed by atoms with Crippen molar-refractivity contribution in [2.75, 3.05) is 14.2 Å². The quantitative estimate of drug-likeness (QED) is 0.430. The van der Waals surface area contributed by atoms with Crippen LogP contribution in [0.25, 0.3) is 10.9 Å². The number of benzene rings is 3. The van der Waals surface area contributed by atoms with E-state index in [1.807, 2.05) is 56.4 Å². The molecule has 3 unspecified atom stereocenters. The third kappa shape index (κ3) is 2.96. The number of aliphatic hydroxyl groups is 1. The minimum atomic E-state index is -1.81. The second-order valence-electron chi connectivity index (χ2n) is 9.29. The lowest BCUT2D eigenvalue weighted by Crippen LogP contribution is -2.58. The summed E-state index contributed by atoms with van der Waals surface area (Å²) in [5.74, 6) is -0.329. The van der Waals surface area contributed by atoms with Gasteiger partial charge in [0.2, 0.25) is 0 Å². The average Bonchev–Trinajstić information content (AvgIpc) is 3.17. The van der Waals surface area contributed by atoms with E-state index in [9.17, 15) is 15.0 Å². The predicted molar refractivity (Wildman–Crippen MR) is 134 cm³/mol. The highest BCUT2D eigenvalue weighted by atomic mass is 16.5. The van der Waals surface area contributed by atoms with Gasteiger partial charge in [-0.3, -0.25) is 4.79 Å². The molecule has 6 heteroatoms. The van der Waals surface area contributed by atoms with Crippen LogP contribution < -0.4 is 9.47 Å². The van der Waals surface area contributed by atoms with Gasteiger partial charge >= 0.3 is 5.97 Å². The maximum Gasteiger partial charge on any atom is 0.322 e. The number of fused-ring (bicyclic) bond motifs is 3. The van der Waals surface area contributed by atoms with Gasteiger partial charge in [-0.1, -0.05) is 61.5 Å². The average molecular weight is 472 g/mol. The van der Waals surface area contributed by atoms with Crippen molar-refractivity contribution in [1.29, 1.82) is 0 Å². The molecule has 0 bridgehead atoms. The van der Waals surface area contributed by atoms with E-state index in [-0.39, 0.29) is 12.3 Å². The first kappa shape index (κ1) is 23.0. The molecule has 1 aliphatic carbocycles. The van der Waals surface area contributed by atoms with Gasteiger partial charge in [-0.25, -0.2) is 0 Å². The van der Waals surface area contributed by atoms with Gasteiger partial charge in [-0.05, 0) is 41.7 Å². The number of nitrogens with zero attached hydrogens (tertiary/aromatic N) is 1. The number of ether oxygens (including phenoxy) is 2. The van der Waals surface area contributed by atoms with Crippen molar-refractivity contribution in [2.24, 2.45) is 7.05 Å². The zero-order valence-electron chi connectivity index (χ0n) is 20.3. The van der Waals surface area contributed by atoms with Crippen LogP contribution in [0.2, 0.25) is 0 Å². The molecule has 6 nitrogen and oxygen atoms in total. The summed E-state index contributed by atoms with van der Waals surface area (Å²) in [6, 6.07) is 22.0. The van der Waals surface area contributed by atoms with Gasteiger partial charge in [0.25, 0.3) is 0 Å². The number of aryl methyl sites for hydroxylation is 1. The van der Waals surface area contributed by atoms with Crippen molar-refractivity contribution in [2.45, 2.75) is 30.3 Å². The molecule has 2 N–H and O–H groups in total. The SMILES string of the molecule is COc1ccc(C2(C(=O)O)c3c(n(C)c4ccccc34)C(C)CC2(O)c2ccccc2)cc1OC. The molecule has 4 aromatic rings. The zero-order chi connectivity index (χ0) is 25.0. The Balaban J connectivity index is 2.00. The number of para-hydroxylation sites is 1. The van der Waals surface area contributed by atoms with E-state index >= 15 is 0 Å². The van der Waals surface area contributed by atoms with Gasteiger partial charge in [0.1, 0.15) is 5.60 Å². The van der Waals surface area contributed by atoms with E-state index < -0.39 is 17.0 Å². The molecule has 0 amide bonds. The summed E-state index contributed by atoms with van der Waals surface area (Å²) >= 11 is 0. The second-order valence-corrected chi connectivity index (χ2v) is 9.29. The van der Waals surface area contributed by atoms with Gasteiger partial charge in [0, 0.05) is 29.2 Å². The van der Waals surface area contributed by atoms with Crippen LogP contribution in [-0.4, -0.2) is 35.0 Å². The van der Waals surface area contributed by atoms with E-state index in [1.165, 1.54) is 14.2 Å². The number of methoxy groups -OCH3 is 2. The second kappa shape index (κ2) is 8.17. The molecule has 1 heterocycles. The third-order valence-electron chi connectivity index (χ3n) is 7.60. The number of carbonyl (C=O) groups is 1. The van der Waals surface area contributed by atoms with Gasteiger partial charge in [-0.15, -0.1) is 0 Å². The standard InChI is InChI=1S/C29H29NO5/c1-18-17-28(33,19-10-6-5-7-11-19)29(27(31)32,20-14-15-23(34-3)24(16-20)35-4)25-21-12-8-9-13-22(21)30(2)26(18)25/h5-16,18,33H,17H2,1-4H3,(H,31,32). The number of aromatic nitrogens is 1. The summed E-state index contributed by atoms with van der Waals surface area (Å²) in [4.78, 5) is 13.7. The molecule has 180 valence electrons. The smallest absolute Gasteiger partial charge is 0.322 e. The van der Waals surface area contributed by atoms with Crippen LogP contribution >= 0.6 is 0 Å². The number of rotatable bonds is 5. The number of hydrogen-bond acceptors (Lipinski definition) is 4. The number of carboxylic acid groups (broad SMARTS) is 1. The largest absolute Gasteiger partial charge is 0.493 e. The highest BCUT2D eigenvalue weighted by molar-refractivity contribution is 5.99. The molecule has 0 aliphatic heterocycles. The van der Waals surface area contributed by atoms with Crippen LogP contribution in [0.3, 0.4) is 0 Å². The fraction of sp³-hybridized carbons (Fsp3) is 0.276. The fourth-order valence-electron chi connectivity index (χ4n) is 6.19. The first-order valence-electron chi connectivity index (χ1n) is 11.6. The highest BCUT2D eigenvalue weighted by Gasteiger charge is 2.64. The van der Waals surface area contributed by atoms with E-state index in [0.717, 1.165) is 16.6 Å². The summed E-state index contributed by atoms with van der Waals surface area (Å²) in [5, 5.41) is 24.7. The lowest BCUT2D eigenvalue weighted by molar-refractivity contribution is -0.156. The van der Waals surface area contributed by atoms with E-state index in [0.29, 0.717) is 28.2 Å². The molecule has 0 fully saturated rings. The van der Waals surface area contributed by atoms with Crippen LogP contribution in [0.1, 0.15) is 41.6 Å². The van der Waals surface area contributed by atoms with Crippen molar-refractivity contribution in [1.82, 2.24) is 4.57 Å². The molecule has 0 spiro atoms. The van der Waals surface area contributed by atoms with Crippen LogP contribution in [0.4, 0.5) is 0 Å². The summed E-state index contributed by atoms with van der Waals surface area (Å²) < 4.78 is 13.1. The van der Waals surface area contributed by atoms with Crippen molar-refractivity contribution >= 4 is 16.9 Å². The summed E-state index contributed by atoms with van der Waals surface area (Å²) in [5.41, 5.74) is -0.120. The molecular weight excluding hydrogens is 442 g/mol. The van der Waals surface area contributed by atoms with Crippen molar-refractivity contribution < 1.29 is 24.5 Å². The molecule has 0 radical (unpaired) electrons. The molecule has 3 aromatic carbocycles. The van der Waals surface area contributed by atoms with Crippen molar-refractivity contribution in [3.05, 3.63) is 95.2 Å². The topological polar surface area (TPSA) is 80.9 Å². The summed E-state index contributed by atoms with van der Waals surface area (Å²) in [6.45, 7) is 2.05. The lowest BCUT2D eigenvalue weighted by Gasteiger charge is -2.50. The van der Waals surface area contributed by atoms with Crippen LogP contribution in [-0.2, 0) is 22.9 Å². The van der Waals surface area contributed by atoms with Crippen LogP contribution in [0, 0.1) is 0 Å². The third-order valence-corrected chi connectivity index (χ3v) is 7.60. The van der Waals surface area contributed by atoms with Crippen LogP contribution in [0.15, 0.2) is 72.8 Å². The molecule has 3 atom stereocenters. The van der Waals surface area contributed by atoms with Crippen molar-refractivity contribution in [3.63, 3.8) is 0 Å². The first-order chi connectivity index (χ1) is 16.8. The van der Waals surface area contributed by atoms with E-state index in [1.54, 1.807) is 30.3 Å². The lowest BCUT2D eigenvalue weighted by atomic mass is 9.54. The Hall–Kier alpha value is -3.77. The van der Waals surface area contributed by atoms with Crippen molar-refractivity contribution in [3.8, 4) is 11.5 Å². The maximum absolute atomic E-state index is 13.7. The van der Waals surface area contributed by atoms with E-state index in [4.69, 9.17) is 9.47 Å². The highest BCUT2D eigenvalue weighted by Crippen LogP contribution is 2.60. The molecule has 0 saturated carbocycles.